The highest BCUT2D eigenvalue weighted by Crippen LogP contribution is 2.40. The van der Waals surface area contributed by atoms with Crippen LogP contribution in [0.15, 0.2) is 0 Å². The molecule has 0 aromatic rings. The molecular weight excluding hydrogens is 220 g/mol. The predicted molar refractivity (Wildman–Crippen MR) is 67.6 cm³/mol. The van der Waals surface area contributed by atoms with Crippen LogP contribution in [0.1, 0.15) is 40.5 Å². The minimum absolute atomic E-state index is 0.225. The number of rotatable bonds is 8. The Morgan fingerprint density at radius 2 is 1.06 bits per heavy atom. The van der Waals surface area contributed by atoms with Gasteiger partial charge in [-0.3, -0.25) is 0 Å². The van der Waals surface area contributed by atoms with Crippen LogP contribution in [-0.4, -0.2) is 45.8 Å². The normalized spacial score (nSPS) is 13.8. The van der Waals surface area contributed by atoms with Gasteiger partial charge in [0.15, 0.2) is 0 Å². The highest BCUT2D eigenvalue weighted by atomic mass is 16.3. The van der Waals surface area contributed by atoms with Crippen molar-refractivity contribution < 1.29 is 20.4 Å². The Morgan fingerprint density at radius 1 is 0.765 bits per heavy atom. The number of hydrogen-bond donors (Lipinski definition) is 4. The lowest BCUT2D eigenvalue weighted by Gasteiger charge is -2.46. The molecule has 0 atom stereocenters. The maximum absolute atomic E-state index is 10.8. The van der Waals surface area contributed by atoms with Crippen molar-refractivity contribution in [3.8, 4) is 0 Å². The highest BCUT2D eigenvalue weighted by molar-refractivity contribution is 4.99. The standard InChI is InChI=1S/C13H28O4/c1-10(2)5-13(17,6-11(3)4)12(7-14,8-15)9-16/h10-11,14-17H,5-9H2,1-4H3. The summed E-state index contributed by atoms with van der Waals surface area (Å²) in [4.78, 5) is 0. The van der Waals surface area contributed by atoms with E-state index in [9.17, 15) is 20.4 Å². The van der Waals surface area contributed by atoms with Gasteiger partial charge in [-0.25, -0.2) is 0 Å². The van der Waals surface area contributed by atoms with Crippen LogP contribution in [0, 0.1) is 17.3 Å². The first kappa shape index (κ1) is 16.8. The van der Waals surface area contributed by atoms with E-state index in [0.29, 0.717) is 12.8 Å². The van der Waals surface area contributed by atoms with Gasteiger partial charge in [-0.15, -0.1) is 0 Å². The second kappa shape index (κ2) is 6.69. The van der Waals surface area contributed by atoms with Crippen molar-refractivity contribution in [1.82, 2.24) is 0 Å². The summed E-state index contributed by atoms with van der Waals surface area (Å²) in [7, 11) is 0. The van der Waals surface area contributed by atoms with Crippen LogP contribution in [0.25, 0.3) is 0 Å². The highest BCUT2D eigenvalue weighted by Gasteiger charge is 2.49. The van der Waals surface area contributed by atoms with Crippen molar-refractivity contribution in [2.24, 2.45) is 17.3 Å². The summed E-state index contributed by atoms with van der Waals surface area (Å²) >= 11 is 0. The van der Waals surface area contributed by atoms with Gasteiger partial charge in [-0.05, 0) is 24.7 Å². The summed E-state index contributed by atoms with van der Waals surface area (Å²) in [5.41, 5.74) is -2.48. The lowest BCUT2D eigenvalue weighted by atomic mass is 9.66. The van der Waals surface area contributed by atoms with Crippen LogP contribution in [0.4, 0.5) is 0 Å². The van der Waals surface area contributed by atoms with Gasteiger partial charge < -0.3 is 20.4 Å². The van der Waals surface area contributed by atoms with E-state index in [4.69, 9.17) is 0 Å². The molecule has 4 heteroatoms. The third-order valence-electron chi connectivity index (χ3n) is 3.39. The molecule has 0 aliphatic heterocycles. The van der Waals surface area contributed by atoms with Crippen molar-refractivity contribution in [2.45, 2.75) is 46.1 Å². The summed E-state index contributed by atoms with van der Waals surface area (Å²) in [6.45, 7) is 6.64. The number of aliphatic hydroxyl groups is 4. The van der Waals surface area contributed by atoms with E-state index in [2.05, 4.69) is 0 Å². The Bertz CT molecular complexity index is 191. The average Bonchev–Trinajstić information content (AvgIpc) is 2.18. The Labute approximate surface area is 104 Å². The molecule has 17 heavy (non-hydrogen) atoms. The van der Waals surface area contributed by atoms with Gasteiger partial charge in [0.25, 0.3) is 0 Å². The summed E-state index contributed by atoms with van der Waals surface area (Å²) in [5.74, 6) is 0.450. The molecular formula is C13H28O4. The molecule has 0 unspecified atom stereocenters. The molecule has 4 N–H and O–H groups in total. The van der Waals surface area contributed by atoms with Crippen LogP contribution in [-0.2, 0) is 0 Å². The zero-order chi connectivity index (χ0) is 13.7. The van der Waals surface area contributed by atoms with Crippen molar-refractivity contribution in [3.63, 3.8) is 0 Å². The van der Waals surface area contributed by atoms with E-state index in [-0.39, 0.29) is 11.8 Å². The van der Waals surface area contributed by atoms with E-state index in [0.717, 1.165) is 0 Å². The smallest absolute Gasteiger partial charge is 0.0774 e. The summed E-state index contributed by atoms with van der Waals surface area (Å²) in [6.07, 6.45) is 0.903. The molecule has 0 aromatic heterocycles. The predicted octanol–water partition coefficient (Wildman–Crippen LogP) is 0.773. The number of aliphatic hydroxyl groups excluding tert-OH is 3. The first-order chi connectivity index (χ1) is 7.76. The van der Waals surface area contributed by atoms with Gasteiger partial charge in [0.05, 0.1) is 30.8 Å². The maximum atomic E-state index is 10.8. The minimum atomic E-state index is -1.24. The molecule has 0 fully saturated rings. The second-order valence-corrected chi connectivity index (χ2v) is 5.98. The lowest BCUT2D eigenvalue weighted by molar-refractivity contribution is -0.169. The Hall–Kier alpha value is -0.160. The van der Waals surface area contributed by atoms with Crippen LogP contribution in [0.3, 0.4) is 0 Å². The molecule has 0 saturated heterocycles. The lowest BCUT2D eigenvalue weighted by Crippen LogP contribution is -2.56. The molecule has 0 rings (SSSR count). The van der Waals surface area contributed by atoms with Crippen molar-refractivity contribution >= 4 is 0 Å². The molecule has 0 aromatic carbocycles. The summed E-state index contributed by atoms with van der Waals surface area (Å²) < 4.78 is 0. The van der Waals surface area contributed by atoms with Gasteiger partial charge in [-0.2, -0.15) is 0 Å². The fourth-order valence-electron chi connectivity index (χ4n) is 2.46. The van der Waals surface area contributed by atoms with Crippen molar-refractivity contribution in [1.29, 1.82) is 0 Å². The van der Waals surface area contributed by atoms with Gasteiger partial charge >= 0.3 is 0 Å². The first-order valence-electron chi connectivity index (χ1n) is 6.32. The summed E-state index contributed by atoms with van der Waals surface area (Å²) in [6, 6.07) is 0. The molecule has 0 aliphatic rings. The second-order valence-electron chi connectivity index (χ2n) is 5.98. The van der Waals surface area contributed by atoms with E-state index < -0.39 is 30.8 Å². The van der Waals surface area contributed by atoms with Crippen LogP contribution in [0.5, 0.6) is 0 Å². The molecule has 0 aliphatic carbocycles. The SMILES string of the molecule is CC(C)CC(O)(CC(C)C)C(CO)(CO)CO. The average molecular weight is 248 g/mol. The van der Waals surface area contributed by atoms with E-state index in [1.54, 1.807) is 0 Å². The molecule has 0 spiro atoms. The van der Waals surface area contributed by atoms with Crippen LogP contribution >= 0.6 is 0 Å². The van der Waals surface area contributed by atoms with E-state index in [1.807, 2.05) is 27.7 Å². The Kier molecular flexibility index (Phi) is 6.62. The molecule has 0 heterocycles. The molecule has 0 radical (unpaired) electrons. The Morgan fingerprint density at radius 3 is 1.24 bits per heavy atom. The first-order valence-corrected chi connectivity index (χ1v) is 6.32. The third-order valence-corrected chi connectivity index (χ3v) is 3.39. The monoisotopic (exact) mass is 248 g/mol. The van der Waals surface area contributed by atoms with Gasteiger partial charge in [0.2, 0.25) is 0 Å². The van der Waals surface area contributed by atoms with Crippen molar-refractivity contribution in [3.05, 3.63) is 0 Å². The minimum Gasteiger partial charge on any atom is -0.395 e. The fraction of sp³-hybridized carbons (Fsp3) is 1.00. The largest absolute Gasteiger partial charge is 0.395 e. The van der Waals surface area contributed by atoms with E-state index >= 15 is 0 Å². The zero-order valence-corrected chi connectivity index (χ0v) is 11.5. The number of hydrogen-bond acceptors (Lipinski definition) is 4. The molecule has 4 nitrogen and oxygen atoms in total. The van der Waals surface area contributed by atoms with Crippen LogP contribution in [0.2, 0.25) is 0 Å². The Balaban J connectivity index is 5.24. The topological polar surface area (TPSA) is 80.9 Å². The quantitative estimate of drug-likeness (QED) is 0.511. The zero-order valence-electron chi connectivity index (χ0n) is 11.5. The summed E-state index contributed by atoms with van der Waals surface area (Å²) in [5, 5.41) is 39.2. The fourth-order valence-corrected chi connectivity index (χ4v) is 2.46. The van der Waals surface area contributed by atoms with Gasteiger partial charge in [0, 0.05) is 0 Å². The van der Waals surface area contributed by atoms with Gasteiger partial charge in [0.1, 0.15) is 0 Å². The molecule has 104 valence electrons. The molecule has 0 bridgehead atoms. The van der Waals surface area contributed by atoms with Gasteiger partial charge in [-0.1, -0.05) is 27.7 Å². The third kappa shape index (κ3) is 3.91. The van der Waals surface area contributed by atoms with Crippen LogP contribution < -0.4 is 0 Å². The molecule has 0 saturated carbocycles. The maximum Gasteiger partial charge on any atom is 0.0774 e. The molecule has 0 amide bonds. The van der Waals surface area contributed by atoms with E-state index in [1.165, 1.54) is 0 Å². The van der Waals surface area contributed by atoms with Crippen molar-refractivity contribution in [2.75, 3.05) is 19.8 Å².